The highest BCUT2D eigenvalue weighted by molar-refractivity contribution is 5.89. The number of ether oxygens (including phenoxy) is 4. The highest BCUT2D eigenvalue weighted by Crippen LogP contribution is 2.42. The third-order valence-corrected chi connectivity index (χ3v) is 7.61. The van der Waals surface area contributed by atoms with Crippen molar-refractivity contribution in [1.82, 2.24) is 0 Å². The van der Waals surface area contributed by atoms with E-state index in [4.69, 9.17) is 18.9 Å². The van der Waals surface area contributed by atoms with Gasteiger partial charge < -0.3 is 18.9 Å². The van der Waals surface area contributed by atoms with Crippen LogP contribution in [0.25, 0.3) is 0 Å². The predicted octanol–water partition coefficient (Wildman–Crippen LogP) is 3.98. The lowest BCUT2D eigenvalue weighted by molar-refractivity contribution is -0.148. The summed E-state index contributed by atoms with van der Waals surface area (Å²) >= 11 is 0. The van der Waals surface area contributed by atoms with E-state index >= 15 is 0 Å². The van der Waals surface area contributed by atoms with E-state index < -0.39 is 5.60 Å². The number of Topliss-reactive ketones (excluding diaryl/α,β-unsaturated/α-hetero) is 1. The normalized spacial score (nSPS) is 36.2. The average Bonchev–Trinajstić information content (AvgIpc) is 3.67. The maximum atomic E-state index is 13.0. The number of carbonyl (C=O) groups is 2. The fourth-order valence-corrected chi connectivity index (χ4v) is 5.19. The molecule has 2 saturated carbocycles. The molecule has 7 unspecified atom stereocenters. The van der Waals surface area contributed by atoms with Gasteiger partial charge in [-0.05, 0) is 70.6 Å². The Kier molecular flexibility index (Phi) is 7.16. The molecule has 4 fully saturated rings. The molecule has 2 aliphatic heterocycles. The van der Waals surface area contributed by atoms with Crippen molar-refractivity contribution in [3.8, 4) is 0 Å². The first-order chi connectivity index (χ1) is 14.5. The number of rotatable bonds is 12. The second-order valence-corrected chi connectivity index (χ2v) is 9.91. The lowest BCUT2D eigenvalue weighted by Gasteiger charge is -2.32. The van der Waals surface area contributed by atoms with E-state index in [9.17, 15) is 9.59 Å². The van der Waals surface area contributed by atoms with E-state index in [0.717, 1.165) is 57.8 Å². The highest BCUT2D eigenvalue weighted by Gasteiger charge is 2.48. The smallest absolute Gasteiger partial charge is 0.305 e. The van der Waals surface area contributed by atoms with E-state index in [-0.39, 0.29) is 17.7 Å². The summed E-state index contributed by atoms with van der Waals surface area (Å²) in [5, 5.41) is 0. The molecule has 6 heteroatoms. The van der Waals surface area contributed by atoms with Gasteiger partial charge in [-0.15, -0.1) is 0 Å². The van der Waals surface area contributed by atoms with Crippen LogP contribution in [0, 0.1) is 11.8 Å². The Morgan fingerprint density at radius 1 is 0.933 bits per heavy atom. The van der Waals surface area contributed by atoms with Crippen LogP contribution in [0.5, 0.6) is 0 Å². The van der Waals surface area contributed by atoms with Crippen LogP contribution in [-0.4, -0.2) is 55.0 Å². The molecule has 0 aromatic heterocycles. The molecule has 0 aromatic rings. The number of hydrogen-bond donors (Lipinski definition) is 0. The van der Waals surface area contributed by atoms with E-state index in [2.05, 4.69) is 0 Å². The average molecular weight is 423 g/mol. The quantitative estimate of drug-likeness (QED) is 0.269. The van der Waals surface area contributed by atoms with Crippen molar-refractivity contribution in [3.05, 3.63) is 0 Å². The number of fused-ring (bicyclic) bond motifs is 2. The van der Waals surface area contributed by atoms with Gasteiger partial charge >= 0.3 is 5.97 Å². The molecule has 2 saturated heterocycles. The maximum absolute atomic E-state index is 13.0. The zero-order valence-electron chi connectivity index (χ0n) is 18.6. The molecule has 2 heterocycles. The molecule has 0 N–H and O–H groups in total. The van der Waals surface area contributed by atoms with Crippen LogP contribution < -0.4 is 0 Å². The van der Waals surface area contributed by atoms with Gasteiger partial charge in [-0.3, -0.25) is 9.59 Å². The summed E-state index contributed by atoms with van der Waals surface area (Å²) < 4.78 is 22.6. The molecule has 30 heavy (non-hydrogen) atoms. The molecule has 0 bridgehead atoms. The fraction of sp³-hybridized carbons (Fsp3) is 0.917. The molecule has 7 atom stereocenters. The zero-order chi connectivity index (χ0) is 21.1. The van der Waals surface area contributed by atoms with Gasteiger partial charge in [0.2, 0.25) is 0 Å². The van der Waals surface area contributed by atoms with Crippen LogP contribution in [0.3, 0.4) is 0 Å². The summed E-state index contributed by atoms with van der Waals surface area (Å²) in [5.74, 6) is 0.696. The van der Waals surface area contributed by atoms with Crippen molar-refractivity contribution < 1.29 is 28.5 Å². The summed E-state index contributed by atoms with van der Waals surface area (Å²) in [7, 11) is 0. The minimum Gasteiger partial charge on any atom is -0.465 e. The summed E-state index contributed by atoms with van der Waals surface area (Å²) in [6.45, 7) is 5.06. The first-order valence-corrected chi connectivity index (χ1v) is 12.1. The predicted molar refractivity (Wildman–Crippen MR) is 111 cm³/mol. The van der Waals surface area contributed by atoms with E-state index in [0.29, 0.717) is 56.4 Å². The van der Waals surface area contributed by atoms with Crippen molar-refractivity contribution in [3.63, 3.8) is 0 Å². The van der Waals surface area contributed by atoms with Crippen molar-refractivity contribution in [2.75, 3.05) is 13.2 Å². The monoisotopic (exact) mass is 422 g/mol. The Bertz CT molecular complexity index is 621. The van der Waals surface area contributed by atoms with Crippen LogP contribution in [0.4, 0.5) is 0 Å². The van der Waals surface area contributed by atoms with E-state index in [1.807, 2.05) is 13.8 Å². The first kappa shape index (κ1) is 22.2. The van der Waals surface area contributed by atoms with Crippen molar-refractivity contribution in [2.45, 2.75) is 114 Å². The first-order valence-electron chi connectivity index (χ1n) is 12.1. The summed E-state index contributed by atoms with van der Waals surface area (Å²) in [4.78, 5) is 25.0. The largest absolute Gasteiger partial charge is 0.465 e. The lowest BCUT2D eigenvalue weighted by atomic mass is 9.79. The number of ketones is 1. The van der Waals surface area contributed by atoms with Crippen molar-refractivity contribution in [2.24, 2.45) is 11.8 Å². The van der Waals surface area contributed by atoms with Crippen LogP contribution in [0.1, 0.15) is 84.5 Å². The third kappa shape index (κ3) is 5.63. The third-order valence-electron chi connectivity index (χ3n) is 7.61. The van der Waals surface area contributed by atoms with Crippen molar-refractivity contribution >= 4 is 11.8 Å². The van der Waals surface area contributed by atoms with Crippen molar-refractivity contribution in [1.29, 1.82) is 0 Å². The molecule has 2 aliphatic carbocycles. The van der Waals surface area contributed by atoms with Gasteiger partial charge in [0, 0.05) is 18.9 Å². The van der Waals surface area contributed by atoms with E-state index in [1.165, 1.54) is 0 Å². The van der Waals surface area contributed by atoms with Gasteiger partial charge in [-0.2, -0.15) is 0 Å². The number of esters is 1. The van der Waals surface area contributed by atoms with Crippen LogP contribution in [-0.2, 0) is 28.5 Å². The maximum Gasteiger partial charge on any atom is 0.305 e. The SMILES string of the molecule is CCC(C)(OCCCCCC(=O)OCC1CCC2OC2C1)C(=O)C1CCC2OC2C1. The molecular formula is C24H38O6. The molecule has 170 valence electrons. The summed E-state index contributed by atoms with van der Waals surface area (Å²) in [5.41, 5.74) is -0.699. The topological polar surface area (TPSA) is 77.7 Å². The Morgan fingerprint density at radius 2 is 1.67 bits per heavy atom. The number of carbonyl (C=O) groups excluding carboxylic acids is 2. The molecule has 0 radical (unpaired) electrons. The standard InChI is InChI=1S/C24H38O6/c1-3-24(2,23(26)17-9-11-19-21(14-17)30-19)28-12-6-4-5-7-22(25)27-15-16-8-10-18-20(13-16)29-18/h16-21H,3-15H2,1-2H3. The molecular weight excluding hydrogens is 384 g/mol. The molecule has 0 amide bonds. The van der Waals surface area contributed by atoms with Crippen LogP contribution in [0.2, 0.25) is 0 Å². The van der Waals surface area contributed by atoms with Gasteiger partial charge in [0.25, 0.3) is 0 Å². The minimum absolute atomic E-state index is 0.0787. The van der Waals surface area contributed by atoms with Crippen LogP contribution >= 0.6 is 0 Å². The van der Waals surface area contributed by atoms with E-state index in [1.54, 1.807) is 0 Å². The number of unbranched alkanes of at least 4 members (excludes halogenated alkanes) is 2. The van der Waals surface area contributed by atoms with Gasteiger partial charge in [-0.1, -0.05) is 13.3 Å². The van der Waals surface area contributed by atoms with Gasteiger partial charge in [-0.25, -0.2) is 0 Å². The molecule has 6 nitrogen and oxygen atoms in total. The zero-order valence-corrected chi connectivity index (χ0v) is 18.6. The number of epoxide rings is 2. The Balaban J connectivity index is 1.05. The summed E-state index contributed by atoms with van der Waals surface area (Å²) in [6, 6.07) is 0. The minimum atomic E-state index is -0.699. The van der Waals surface area contributed by atoms with Gasteiger partial charge in [0.1, 0.15) is 5.60 Å². The van der Waals surface area contributed by atoms with Gasteiger partial charge in [0.15, 0.2) is 5.78 Å². The lowest BCUT2D eigenvalue weighted by Crippen LogP contribution is -2.43. The fourth-order valence-electron chi connectivity index (χ4n) is 5.19. The molecule has 4 rings (SSSR count). The highest BCUT2D eigenvalue weighted by atomic mass is 16.6. The molecule has 0 spiro atoms. The Morgan fingerprint density at radius 3 is 2.37 bits per heavy atom. The number of hydrogen-bond acceptors (Lipinski definition) is 6. The second kappa shape index (κ2) is 9.66. The molecule has 4 aliphatic rings. The second-order valence-electron chi connectivity index (χ2n) is 9.91. The Labute approximate surface area is 180 Å². The van der Waals surface area contributed by atoms with Crippen LogP contribution in [0.15, 0.2) is 0 Å². The molecule has 0 aromatic carbocycles. The Hall–Kier alpha value is -0.980. The summed E-state index contributed by atoms with van der Waals surface area (Å²) in [6.07, 6.45) is 11.4. The van der Waals surface area contributed by atoms with Gasteiger partial charge in [0.05, 0.1) is 31.0 Å².